The summed E-state index contributed by atoms with van der Waals surface area (Å²) in [4.78, 5) is 0. The Morgan fingerprint density at radius 3 is 2.28 bits per heavy atom. The topological polar surface area (TPSA) is 18.5 Å². The van der Waals surface area contributed by atoms with Crippen LogP contribution in [0.1, 0.15) is 0 Å². The zero-order chi connectivity index (χ0) is 11.2. The van der Waals surface area contributed by atoms with E-state index in [0.717, 1.165) is 5.56 Å². The number of ether oxygens (including phenoxy) is 2. The van der Waals surface area contributed by atoms with Crippen molar-refractivity contribution in [2.24, 2.45) is 0 Å². The molecule has 0 atom stereocenters. The van der Waals surface area contributed by atoms with Gasteiger partial charge in [0.1, 0.15) is 0 Å². The van der Waals surface area contributed by atoms with E-state index >= 15 is 0 Å². The second-order valence-electron chi connectivity index (χ2n) is 3.36. The van der Waals surface area contributed by atoms with Crippen molar-refractivity contribution in [1.29, 1.82) is 0 Å². The molecule has 4 heteroatoms. The normalized spacial score (nSPS) is 8.94. The molecule has 2 aromatic carbocycles. The van der Waals surface area contributed by atoms with Crippen molar-refractivity contribution in [3.63, 3.8) is 0 Å². The van der Waals surface area contributed by atoms with Crippen molar-refractivity contribution in [2.45, 2.75) is 0 Å². The number of hydrogen-bond acceptors (Lipinski definition) is 2. The van der Waals surface area contributed by atoms with Crippen molar-refractivity contribution in [3.8, 4) is 16.9 Å². The molecule has 0 fully saturated rings. The first-order valence-electron chi connectivity index (χ1n) is 5.09. The van der Waals surface area contributed by atoms with Crippen LogP contribution in [-0.4, -0.2) is 37.0 Å². The molecule has 0 aliphatic rings. The Bertz CT molecular complexity index is 431. The summed E-state index contributed by atoms with van der Waals surface area (Å²) in [7, 11) is 1.60. The third kappa shape index (κ3) is 4.98. The maximum Gasteiger partial charge on any atom is 2.00 e. The minimum atomic E-state index is 0. The Morgan fingerprint density at radius 1 is 1.00 bits per heavy atom. The summed E-state index contributed by atoms with van der Waals surface area (Å²) in [6.07, 6.45) is 0. The van der Waals surface area contributed by atoms with E-state index < -0.39 is 0 Å². The molecule has 2 nitrogen and oxygen atoms in total. The number of methoxy groups -OCH3 is 1. The molecule has 0 radical (unpaired) electrons. The van der Waals surface area contributed by atoms with Gasteiger partial charge >= 0.3 is 23.1 Å². The maximum absolute atomic E-state index is 5.27. The molecule has 0 saturated carbocycles. The van der Waals surface area contributed by atoms with Crippen molar-refractivity contribution in [2.75, 3.05) is 13.9 Å². The van der Waals surface area contributed by atoms with Gasteiger partial charge in [-0.2, -0.15) is 12.1 Å². The van der Waals surface area contributed by atoms with Crippen LogP contribution in [0.15, 0.2) is 48.5 Å². The van der Waals surface area contributed by atoms with Crippen molar-refractivity contribution < 1.29 is 26.5 Å². The molecule has 0 N–H and O–H groups in total. The van der Waals surface area contributed by atoms with Gasteiger partial charge in [-0.1, -0.05) is 35.9 Å². The molecule has 0 unspecified atom stereocenters. The van der Waals surface area contributed by atoms with Crippen molar-refractivity contribution >= 4 is 23.1 Å². The van der Waals surface area contributed by atoms with Crippen LogP contribution in [0.4, 0.5) is 0 Å². The van der Waals surface area contributed by atoms with Crippen LogP contribution in [0, 0.1) is 6.07 Å². The van der Waals surface area contributed by atoms with Crippen LogP contribution in [0.2, 0.25) is 0 Å². The summed E-state index contributed by atoms with van der Waals surface area (Å²) in [5.41, 5.74) is 2.31. The number of rotatable bonds is 4. The number of benzene rings is 2. The number of hydrogen-bond donors (Lipinski definition) is 0. The first kappa shape index (κ1) is 17.4. The Hall–Kier alpha value is -0.554. The Kier molecular flexibility index (Phi) is 9.10. The van der Waals surface area contributed by atoms with Crippen LogP contribution in [0.25, 0.3) is 11.1 Å². The summed E-state index contributed by atoms with van der Waals surface area (Å²) < 4.78 is 10.1. The van der Waals surface area contributed by atoms with Crippen molar-refractivity contribution in [3.05, 3.63) is 54.6 Å². The van der Waals surface area contributed by atoms with Crippen LogP contribution in [0.5, 0.6) is 5.75 Å². The van der Waals surface area contributed by atoms with Crippen LogP contribution in [-0.2, 0) is 4.74 Å². The molecule has 0 aliphatic heterocycles. The fourth-order valence-corrected chi connectivity index (χ4v) is 1.43. The molecule has 2 aromatic rings. The molecule has 18 heavy (non-hydrogen) atoms. The monoisotopic (exact) mass is 316 g/mol. The van der Waals surface area contributed by atoms with Gasteiger partial charge in [-0.25, -0.2) is 0 Å². The Morgan fingerprint density at radius 2 is 1.72 bits per heavy atom. The first-order valence-corrected chi connectivity index (χ1v) is 5.09. The molecular weight excluding hydrogens is 304 g/mol. The molecule has 0 saturated heterocycles. The SMILES string of the molecule is COCOc1[c-]cc(-c2ccccc2)cc1.[Br-].[Mg+2]. The average Bonchev–Trinajstić information content (AvgIpc) is 2.38. The molecular formula is C14H13BrMgO2. The summed E-state index contributed by atoms with van der Waals surface area (Å²) in [5.74, 6) is 0.696. The summed E-state index contributed by atoms with van der Waals surface area (Å²) >= 11 is 0. The fraction of sp³-hybridized carbons (Fsp3) is 0.143. The molecule has 0 aromatic heterocycles. The van der Waals surface area contributed by atoms with Gasteiger partial charge in [0.2, 0.25) is 0 Å². The zero-order valence-electron chi connectivity index (χ0n) is 10.2. The quantitative estimate of drug-likeness (QED) is 0.440. The molecule has 0 bridgehead atoms. The van der Waals surface area contributed by atoms with Gasteiger partial charge < -0.3 is 26.5 Å². The molecule has 0 spiro atoms. The van der Waals surface area contributed by atoms with Crippen LogP contribution in [0.3, 0.4) is 0 Å². The smallest absolute Gasteiger partial charge is 1.00 e. The largest absolute Gasteiger partial charge is 2.00 e. The molecule has 0 aliphatic carbocycles. The first-order chi connectivity index (χ1) is 7.90. The zero-order valence-corrected chi connectivity index (χ0v) is 13.2. The van der Waals surface area contributed by atoms with E-state index in [1.54, 1.807) is 7.11 Å². The summed E-state index contributed by atoms with van der Waals surface area (Å²) in [5, 5.41) is 0. The van der Waals surface area contributed by atoms with E-state index in [1.807, 2.05) is 36.4 Å². The fourth-order valence-electron chi connectivity index (χ4n) is 1.43. The number of halogens is 1. The van der Waals surface area contributed by atoms with E-state index in [1.165, 1.54) is 5.56 Å². The second-order valence-corrected chi connectivity index (χ2v) is 3.36. The Balaban J connectivity index is 0.00000144. The third-order valence-electron chi connectivity index (χ3n) is 2.22. The summed E-state index contributed by atoms with van der Waals surface area (Å²) in [6.45, 7) is 0.251. The van der Waals surface area contributed by atoms with Crippen LogP contribution >= 0.6 is 0 Å². The van der Waals surface area contributed by atoms with Gasteiger partial charge in [0.15, 0.2) is 6.79 Å². The minimum absolute atomic E-state index is 0. The predicted octanol–water partition coefficient (Wildman–Crippen LogP) is -0.240. The van der Waals surface area contributed by atoms with Gasteiger partial charge in [0.25, 0.3) is 0 Å². The van der Waals surface area contributed by atoms with E-state index in [2.05, 4.69) is 18.2 Å². The predicted molar refractivity (Wildman–Crippen MR) is 69.0 cm³/mol. The van der Waals surface area contributed by atoms with E-state index in [-0.39, 0.29) is 46.8 Å². The third-order valence-corrected chi connectivity index (χ3v) is 2.22. The van der Waals surface area contributed by atoms with Gasteiger partial charge in [0, 0.05) is 12.9 Å². The summed E-state index contributed by atoms with van der Waals surface area (Å²) in [6, 6.07) is 19.1. The van der Waals surface area contributed by atoms with Gasteiger partial charge in [-0.15, -0.1) is 17.7 Å². The molecule has 0 heterocycles. The van der Waals surface area contributed by atoms with Gasteiger partial charge in [0.05, 0.1) is 0 Å². The van der Waals surface area contributed by atoms with Gasteiger partial charge in [-0.3, -0.25) is 0 Å². The average molecular weight is 317 g/mol. The second kappa shape index (κ2) is 9.39. The standard InChI is InChI=1S/C14H13O2.BrH.Mg/c1-15-11-16-14-9-7-13(8-10-14)12-5-3-2-4-6-12;;/h2-9H,11H2,1H3;1H;/q-1;;+2/p-1. The molecule has 90 valence electrons. The molecule has 0 amide bonds. The Labute approximate surface area is 134 Å². The molecule has 2 rings (SSSR count). The minimum Gasteiger partial charge on any atom is -1.00 e. The van der Waals surface area contributed by atoms with Gasteiger partial charge in [-0.05, 0) is 0 Å². The maximum atomic E-state index is 5.27. The van der Waals surface area contributed by atoms with E-state index in [9.17, 15) is 0 Å². The van der Waals surface area contributed by atoms with Crippen molar-refractivity contribution in [1.82, 2.24) is 0 Å². The van der Waals surface area contributed by atoms with E-state index in [0.29, 0.717) is 5.75 Å². The van der Waals surface area contributed by atoms with E-state index in [4.69, 9.17) is 9.47 Å². The van der Waals surface area contributed by atoms with Crippen LogP contribution < -0.4 is 21.7 Å².